The Kier molecular flexibility index (Phi) is 3.13. The lowest BCUT2D eigenvalue weighted by Gasteiger charge is -2.59. The number of hydrogen-bond donors (Lipinski definition) is 0. The summed E-state index contributed by atoms with van der Waals surface area (Å²) in [5, 5.41) is 0. The molecule has 0 saturated heterocycles. The van der Waals surface area contributed by atoms with Crippen molar-refractivity contribution in [3.05, 3.63) is 44.6 Å². The summed E-state index contributed by atoms with van der Waals surface area (Å²) in [7, 11) is 0. The number of fused-ring (bicyclic) bond motifs is 4. The van der Waals surface area contributed by atoms with Crippen molar-refractivity contribution < 1.29 is 65.9 Å². The van der Waals surface area contributed by atoms with Gasteiger partial charge in [0.2, 0.25) is 5.67 Å². The summed E-state index contributed by atoms with van der Waals surface area (Å²) >= 11 is 0. The lowest BCUT2D eigenvalue weighted by molar-refractivity contribution is -0.230. The number of rotatable bonds is 0. The average Bonchev–Trinajstić information content (AvgIpc) is 2.59. The zero-order valence-corrected chi connectivity index (χ0v) is 14.7. The van der Waals surface area contributed by atoms with Crippen LogP contribution in [0.5, 0.6) is 0 Å². The van der Waals surface area contributed by atoms with Crippen LogP contribution in [0.2, 0.25) is 0 Å². The first kappa shape index (κ1) is 21.7. The van der Waals surface area contributed by atoms with Crippen LogP contribution < -0.4 is 0 Å². The van der Waals surface area contributed by atoms with E-state index in [0.29, 0.717) is 0 Å². The van der Waals surface area contributed by atoms with Gasteiger partial charge in [-0.1, -0.05) is 0 Å². The molecule has 0 aromatic heterocycles. The van der Waals surface area contributed by atoms with Crippen LogP contribution >= 0.6 is 0 Å². The highest BCUT2D eigenvalue weighted by atomic mass is 19.3. The molecular weight excluding hydrogens is 489 g/mol. The molecule has 0 saturated carbocycles. The fourth-order valence-corrected chi connectivity index (χ4v) is 4.75. The van der Waals surface area contributed by atoms with Crippen molar-refractivity contribution in [3.8, 4) is 0 Å². The topological polar surface area (TPSA) is 0 Å². The minimum Gasteiger partial charge on any atom is -0.232 e. The highest BCUT2D eigenvalue weighted by molar-refractivity contribution is 5.84. The van der Waals surface area contributed by atoms with E-state index >= 15 is 0 Å². The zero-order valence-electron chi connectivity index (χ0n) is 14.7. The SMILES string of the molecule is C[C@@]1(F)C2=C(C3=C(C4=C(C5=C2C(F)(F)C5(F)F)C(F)(F)C4(F)F)C(F)(F)C3(F)F)C1(F)F. The first-order chi connectivity index (χ1) is 14.0. The van der Waals surface area contributed by atoms with Crippen molar-refractivity contribution in [2.24, 2.45) is 0 Å². The van der Waals surface area contributed by atoms with E-state index in [1.165, 1.54) is 0 Å². The van der Waals surface area contributed by atoms with Crippen LogP contribution in [-0.4, -0.2) is 47.1 Å². The van der Waals surface area contributed by atoms with Gasteiger partial charge in [0.25, 0.3) is 0 Å². The molecule has 5 aliphatic carbocycles. The van der Waals surface area contributed by atoms with E-state index in [-0.39, 0.29) is 6.92 Å². The molecule has 0 fully saturated rings. The van der Waals surface area contributed by atoms with Crippen molar-refractivity contribution in [2.45, 2.75) is 54.1 Å². The van der Waals surface area contributed by atoms with Gasteiger partial charge in [-0.2, -0.15) is 61.5 Å². The summed E-state index contributed by atoms with van der Waals surface area (Å²) in [6.45, 7) is -0.247. The standard InChI is InChI=1S/C17H3F15/c1-10(18)2-3(11(10,19)20)5-7(15(27,28)13(5,23)24)9-8(16(29,30)17(9,31)32)6-4(2)12(21,22)14(6,25)26/h1H3/t10-/m1/s1. The fraction of sp³-hybridized carbons (Fsp3) is 0.529. The Hall–Kier alpha value is -2.09. The smallest absolute Gasteiger partial charge is 0.232 e. The Morgan fingerprint density at radius 3 is 0.656 bits per heavy atom. The van der Waals surface area contributed by atoms with Crippen LogP contribution in [0.25, 0.3) is 0 Å². The van der Waals surface area contributed by atoms with E-state index in [1.54, 1.807) is 0 Å². The molecule has 0 N–H and O–H groups in total. The van der Waals surface area contributed by atoms with Crippen LogP contribution in [0.3, 0.4) is 0 Å². The molecule has 0 unspecified atom stereocenters. The van der Waals surface area contributed by atoms with E-state index in [4.69, 9.17) is 0 Å². The Bertz CT molecular complexity index is 874. The Labute approximate surface area is 165 Å². The maximum Gasteiger partial charge on any atom is 0.340 e. The lowest BCUT2D eigenvalue weighted by atomic mass is 9.51. The highest BCUT2D eigenvalue weighted by Crippen LogP contribution is 2.78. The summed E-state index contributed by atoms with van der Waals surface area (Å²) in [6.07, 6.45) is 0. The first-order valence-electron chi connectivity index (χ1n) is 8.33. The van der Waals surface area contributed by atoms with Gasteiger partial charge >= 0.3 is 41.5 Å². The summed E-state index contributed by atoms with van der Waals surface area (Å²) < 4.78 is 212. The number of alkyl halides is 15. The molecule has 176 valence electrons. The first-order valence-corrected chi connectivity index (χ1v) is 8.33. The van der Waals surface area contributed by atoms with Crippen molar-refractivity contribution in [1.29, 1.82) is 0 Å². The summed E-state index contributed by atoms with van der Waals surface area (Å²) in [6, 6.07) is 0. The number of allylic oxidation sites excluding steroid dienone is 8. The van der Waals surface area contributed by atoms with Gasteiger partial charge in [0, 0.05) is 44.6 Å². The minimum atomic E-state index is -5.88. The quantitative estimate of drug-likeness (QED) is 0.343. The third kappa shape index (κ3) is 1.56. The van der Waals surface area contributed by atoms with Crippen LogP contribution in [0.15, 0.2) is 44.6 Å². The molecule has 0 aromatic rings. The van der Waals surface area contributed by atoms with E-state index in [1.807, 2.05) is 0 Å². The molecule has 0 radical (unpaired) electrons. The van der Waals surface area contributed by atoms with Gasteiger partial charge in [0.1, 0.15) is 0 Å². The number of hydrogen-bond acceptors (Lipinski definition) is 0. The van der Waals surface area contributed by atoms with Gasteiger partial charge in [-0.3, -0.25) is 0 Å². The fourth-order valence-electron chi connectivity index (χ4n) is 4.75. The molecule has 15 heteroatoms. The second-order valence-corrected chi connectivity index (χ2v) is 8.02. The normalized spacial score (nSPS) is 37.5. The molecule has 0 aliphatic heterocycles. The molecule has 0 amide bonds. The van der Waals surface area contributed by atoms with Crippen LogP contribution in [0.4, 0.5) is 65.9 Å². The largest absolute Gasteiger partial charge is 0.340 e. The van der Waals surface area contributed by atoms with E-state index < -0.39 is 91.7 Å². The van der Waals surface area contributed by atoms with E-state index in [2.05, 4.69) is 0 Å². The van der Waals surface area contributed by atoms with Gasteiger partial charge in [-0.05, 0) is 6.92 Å². The molecule has 5 rings (SSSR count). The van der Waals surface area contributed by atoms with Crippen molar-refractivity contribution in [3.63, 3.8) is 0 Å². The predicted octanol–water partition coefficient (Wildman–Crippen LogP) is 6.42. The lowest BCUT2D eigenvalue weighted by Crippen LogP contribution is -2.71. The summed E-state index contributed by atoms with van der Waals surface area (Å²) in [5.41, 5.74) is -26.2. The van der Waals surface area contributed by atoms with Crippen molar-refractivity contribution >= 4 is 0 Å². The molecular formula is C17H3F15. The van der Waals surface area contributed by atoms with Crippen LogP contribution in [-0.2, 0) is 0 Å². The Morgan fingerprint density at radius 2 is 0.438 bits per heavy atom. The van der Waals surface area contributed by atoms with Gasteiger partial charge < -0.3 is 0 Å². The van der Waals surface area contributed by atoms with E-state index in [0.717, 1.165) is 0 Å². The second-order valence-electron chi connectivity index (χ2n) is 8.02. The minimum absolute atomic E-state index is 0.247. The Balaban J connectivity index is 2.03. The summed E-state index contributed by atoms with van der Waals surface area (Å²) in [4.78, 5) is 0. The second kappa shape index (κ2) is 4.61. The molecule has 5 aliphatic rings. The van der Waals surface area contributed by atoms with Crippen LogP contribution in [0.1, 0.15) is 6.92 Å². The molecule has 1 atom stereocenters. The highest BCUT2D eigenvalue weighted by Gasteiger charge is 2.89. The maximum absolute atomic E-state index is 14.6. The van der Waals surface area contributed by atoms with Gasteiger partial charge in [0.05, 0.1) is 0 Å². The Morgan fingerprint density at radius 1 is 0.281 bits per heavy atom. The molecule has 0 spiro atoms. The predicted molar refractivity (Wildman–Crippen MR) is 72.2 cm³/mol. The molecule has 0 nitrogen and oxygen atoms in total. The van der Waals surface area contributed by atoms with Gasteiger partial charge in [-0.25, -0.2) is 4.39 Å². The average molecular weight is 492 g/mol. The third-order valence-corrected chi connectivity index (χ3v) is 6.44. The molecule has 0 bridgehead atoms. The maximum atomic E-state index is 14.6. The zero-order chi connectivity index (χ0) is 24.6. The van der Waals surface area contributed by atoms with Crippen LogP contribution in [0, 0.1) is 0 Å². The van der Waals surface area contributed by atoms with E-state index in [9.17, 15) is 65.9 Å². The van der Waals surface area contributed by atoms with Gasteiger partial charge in [-0.15, -0.1) is 0 Å². The van der Waals surface area contributed by atoms with Gasteiger partial charge in [0.15, 0.2) is 0 Å². The molecule has 0 aromatic carbocycles. The van der Waals surface area contributed by atoms with Crippen molar-refractivity contribution in [1.82, 2.24) is 0 Å². The molecule has 0 heterocycles. The summed E-state index contributed by atoms with van der Waals surface area (Å²) in [5.74, 6) is -40.2. The third-order valence-electron chi connectivity index (χ3n) is 6.44. The monoisotopic (exact) mass is 492 g/mol. The molecule has 32 heavy (non-hydrogen) atoms. The number of halogens is 15. The van der Waals surface area contributed by atoms with Crippen molar-refractivity contribution in [2.75, 3.05) is 0 Å².